The molecule has 0 bridgehead atoms. The van der Waals surface area contributed by atoms with Gasteiger partial charge in [-0.2, -0.15) is 5.10 Å². The summed E-state index contributed by atoms with van der Waals surface area (Å²) in [5, 5.41) is 7.96. The first kappa shape index (κ1) is 29.2. The Balaban J connectivity index is 0.926. The number of hydrogen-bond acceptors (Lipinski definition) is 7. The number of ether oxygens (including phenoxy) is 3. The second-order valence-corrected chi connectivity index (χ2v) is 13.9. The number of piperidine rings is 1. The number of nitrogens with zero attached hydrogens (tertiary/aromatic N) is 5. The molecular weight excluding hydrogens is 619 g/mol. The lowest BCUT2D eigenvalue weighted by molar-refractivity contribution is -0.0712. The van der Waals surface area contributed by atoms with Crippen LogP contribution in [0.1, 0.15) is 73.6 Å². The number of aromatic nitrogens is 5. The molecule has 9 rings (SSSR count). The molecule has 4 aliphatic rings. The number of aromatic amines is 1. The van der Waals surface area contributed by atoms with E-state index in [2.05, 4.69) is 43.9 Å². The van der Waals surface area contributed by atoms with Crippen molar-refractivity contribution < 1.29 is 18.6 Å². The number of rotatable bonds is 8. The first-order valence-electron chi connectivity index (χ1n) is 16.6. The van der Waals surface area contributed by atoms with Gasteiger partial charge in [0, 0.05) is 35.6 Å². The summed E-state index contributed by atoms with van der Waals surface area (Å²) in [5.41, 5.74) is 4.49. The molecule has 0 amide bonds. The van der Waals surface area contributed by atoms with E-state index in [1.165, 1.54) is 18.9 Å². The first-order valence-corrected chi connectivity index (χ1v) is 17.0. The van der Waals surface area contributed by atoms with Crippen LogP contribution in [-0.2, 0) is 23.6 Å². The minimum atomic E-state index is -1.26. The van der Waals surface area contributed by atoms with Gasteiger partial charge in [0.2, 0.25) is 0 Å². The lowest BCUT2D eigenvalue weighted by Gasteiger charge is -2.33. The highest BCUT2D eigenvalue weighted by atomic mass is 35.5. The molecule has 5 aromatic rings. The van der Waals surface area contributed by atoms with Crippen molar-refractivity contribution in [1.29, 1.82) is 0 Å². The number of halogens is 2. The summed E-state index contributed by atoms with van der Waals surface area (Å²) in [4.78, 5) is 12.4. The van der Waals surface area contributed by atoms with Crippen molar-refractivity contribution in [2.24, 2.45) is 0 Å². The van der Waals surface area contributed by atoms with E-state index in [0.717, 1.165) is 91.7 Å². The Morgan fingerprint density at radius 1 is 0.979 bits per heavy atom. The minimum Gasteiger partial charge on any atom is -0.444 e. The molecule has 1 unspecified atom stereocenters. The number of fused-ring (bicyclic) bond motifs is 2. The van der Waals surface area contributed by atoms with Gasteiger partial charge in [-0.25, -0.2) is 14.4 Å². The van der Waals surface area contributed by atoms with Crippen LogP contribution in [0.5, 0.6) is 11.5 Å². The molecule has 1 saturated carbocycles. The van der Waals surface area contributed by atoms with E-state index in [1.54, 1.807) is 19.1 Å². The van der Waals surface area contributed by atoms with Gasteiger partial charge < -0.3 is 18.8 Å². The number of nitrogens with one attached hydrogen (secondary N) is 1. The van der Waals surface area contributed by atoms with E-state index < -0.39 is 11.6 Å². The van der Waals surface area contributed by atoms with Crippen LogP contribution < -0.4 is 9.47 Å². The SMILES string of the molecule is CC1(c2ccc(Cl)cc2F)Oc2cccc(C3CCN(Cc4nc5cc(-c6n[nH]c(C7CC7)n6)ccc5n4C[C@@H]4CCO4)CC3)c2O1. The minimum absolute atomic E-state index is 0.222. The molecule has 0 spiro atoms. The Morgan fingerprint density at radius 3 is 2.60 bits per heavy atom. The normalized spacial score (nSPS) is 23.0. The second-order valence-electron chi connectivity index (χ2n) is 13.4. The highest BCUT2D eigenvalue weighted by molar-refractivity contribution is 6.30. The lowest BCUT2D eigenvalue weighted by atomic mass is 9.88. The smallest absolute Gasteiger partial charge is 0.278 e. The van der Waals surface area contributed by atoms with Crippen LogP contribution in [0.2, 0.25) is 5.02 Å². The van der Waals surface area contributed by atoms with E-state index in [0.29, 0.717) is 33.9 Å². The van der Waals surface area contributed by atoms with Gasteiger partial charge in [0.05, 0.1) is 35.8 Å². The maximum Gasteiger partial charge on any atom is 0.278 e. The van der Waals surface area contributed by atoms with Crippen molar-refractivity contribution in [3.63, 3.8) is 0 Å². The van der Waals surface area contributed by atoms with Gasteiger partial charge in [0.1, 0.15) is 17.5 Å². The number of imidazole rings is 1. The third kappa shape index (κ3) is 5.36. The molecule has 2 aromatic heterocycles. The van der Waals surface area contributed by atoms with Crippen molar-refractivity contribution in [3.8, 4) is 22.9 Å². The highest BCUT2D eigenvalue weighted by Crippen LogP contribution is 2.50. The van der Waals surface area contributed by atoms with Gasteiger partial charge in [0.15, 0.2) is 17.3 Å². The summed E-state index contributed by atoms with van der Waals surface area (Å²) in [5.74, 6) is 3.24. The Bertz CT molecular complexity index is 1980. The summed E-state index contributed by atoms with van der Waals surface area (Å²) < 4.78 is 35.7. The third-order valence-corrected chi connectivity index (χ3v) is 10.4. The standard InChI is InChI=1S/C36H36ClFN6O3/c1-36(27-9-8-24(37)18-28(27)38)46-31-4-2-3-26(33(31)47-36)21-11-14-43(15-12-21)20-32-39-29-17-23(35-40-34(41-42-35)22-5-6-22)7-10-30(29)44(32)19-25-13-16-45-25/h2-4,7-10,17-18,21-22,25H,5-6,11-16,19-20H2,1H3,(H,40,41,42)/t25-,36?/m0/s1. The molecule has 2 atom stereocenters. The molecule has 47 heavy (non-hydrogen) atoms. The molecule has 11 heteroatoms. The zero-order chi connectivity index (χ0) is 31.7. The molecular formula is C36H36ClFN6O3. The average Bonchev–Trinajstić information content (AvgIpc) is 3.50. The Morgan fingerprint density at radius 2 is 1.83 bits per heavy atom. The van der Waals surface area contributed by atoms with E-state index in [1.807, 2.05) is 12.1 Å². The van der Waals surface area contributed by atoms with Gasteiger partial charge in [-0.3, -0.25) is 10.00 Å². The van der Waals surface area contributed by atoms with Gasteiger partial charge in [-0.05, 0) is 93.6 Å². The number of para-hydroxylation sites is 1. The zero-order valence-corrected chi connectivity index (χ0v) is 27.0. The molecule has 242 valence electrons. The van der Waals surface area contributed by atoms with E-state index in [4.69, 9.17) is 35.8 Å². The van der Waals surface area contributed by atoms with Crippen molar-refractivity contribution in [2.45, 2.75) is 75.8 Å². The average molecular weight is 655 g/mol. The summed E-state index contributed by atoms with van der Waals surface area (Å²) in [6, 6.07) is 17.0. The van der Waals surface area contributed by atoms with Gasteiger partial charge in [0.25, 0.3) is 5.79 Å². The molecule has 0 radical (unpaired) electrons. The van der Waals surface area contributed by atoms with E-state index >= 15 is 0 Å². The second kappa shape index (κ2) is 11.3. The van der Waals surface area contributed by atoms with Crippen molar-refractivity contribution in [2.75, 3.05) is 19.7 Å². The summed E-state index contributed by atoms with van der Waals surface area (Å²) in [7, 11) is 0. The van der Waals surface area contributed by atoms with Crippen molar-refractivity contribution in [3.05, 3.63) is 88.2 Å². The van der Waals surface area contributed by atoms with Crippen LogP contribution in [0, 0.1) is 5.82 Å². The van der Waals surface area contributed by atoms with Crippen LogP contribution in [0.3, 0.4) is 0 Å². The Hall–Kier alpha value is -3.99. The molecule has 9 nitrogen and oxygen atoms in total. The molecule has 3 aliphatic heterocycles. The quantitative estimate of drug-likeness (QED) is 0.188. The number of hydrogen-bond donors (Lipinski definition) is 1. The molecule has 3 aromatic carbocycles. The van der Waals surface area contributed by atoms with Crippen LogP contribution >= 0.6 is 11.6 Å². The summed E-state index contributed by atoms with van der Waals surface area (Å²) in [6.07, 6.45) is 5.60. The van der Waals surface area contributed by atoms with Crippen LogP contribution in [0.25, 0.3) is 22.4 Å². The predicted molar refractivity (Wildman–Crippen MR) is 175 cm³/mol. The van der Waals surface area contributed by atoms with Gasteiger partial charge >= 0.3 is 0 Å². The summed E-state index contributed by atoms with van der Waals surface area (Å²) >= 11 is 6.01. The molecule has 5 heterocycles. The van der Waals surface area contributed by atoms with E-state index in [-0.39, 0.29) is 6.10 Å². The maximum absolute atomic E-state index is 14.9. The van der Waals surface area contributed by atoms with Gasteiger partial charge in [-0.15, -0.1) is 0 Å². The topological polar surface area (TPSA) is 90.3 Å². The Labute approximate surface area is 277 Å². The molecule has 3 fully saturated rings. The number of H-pyrrole nitrogens is 1. The van der Waals surface area contributed by atoms with Crippen LogP contribution in [-0.4, -0.2) is 55.4 Å². The van der Waals surface area contributed by atoms with Crippen molar-refractivity contribution in [1.82, 2.24) is 29.6 Å². The zero-order valence-electron chi connectivity index (χ0n) is 26.2. The number of benzene rings is 3. The number of likely N-dealkylation sites (tertiary alicyclic amines) is 1. The highest BCUT2D eigenvalue weighted by Gasteiger charge is 2.43. The van der Waals surface area contributed by atoms with Crippen LogP contribution in [0.4, 0.5) is 4.39 Å². The lowest BCUT2D eigenvalue weighted by Crippen LogP contribution is -2.35. The summed E-state index contributed by atoms with van der Waals surface area (Å²) in [6.45, 7) is 5.99. The molecule has 2 saturated heterocycles. The fourth-order valence-electron chi connectivity index (χ4n) is 7.26. The third-order valence-electron chi connectivity index (χ3n) is 10.2. The molecule has 1 aliphatic carbocycles. The first-order chi connectivity index (χ1) is 22.9. The van der Waals surface area contributed by atoms with Crippen LogP contribution in [0.15, 0.2) is 54.6 Å². The Kier molecular flexibility index (Phi) is 7.02. The van der Waals surface area contributed by atoms with Gasteiger partial charge in [-0.1, -0.05) is 23.7 Å². The van der Waals surface area contributed by atoms with E-state index in [9.17, 15) is 4.39 Å². The van der Waals surface area contributed by atoms with Crippen molar-refractivity contribution >= 4 is 22.6 Å². The fraction of sp³-hybridized carbons (Fsp3) is 0.417. The largest absolute Gasteiger partial charge is 0.444 e. The monoisotopic (exact) mass is 654 g/mol. The maximum atomic E-state index is 14.9. The molecule has 1 N–H and O–H groups in total. The predicted octanol–water partition coefficient (Wildman–Crippen LogP) is 7.30. The fourth-order valence-corrected chi connectivity index (χ4v) is 7.42.